The highest BCUT2D eigenvalue weighted by atomic mass is 14.9. The van der Waals surface area contributed by atoms with Crippen LogP contribution in [0.4, 0.5) is 0 Å². The van der Waals surface area contributed by atoms with Crippen LogP contribution in [0.15, 0.2) is 24.3 Å². The molecule has 0 unspecified atom stereocenters. The number of benzene rings is 1. The summed E-state index contributed by atoms with van der Waals surface area (Å²) in [6.45, 7) is 2.19. The van der Waals surface area contributed by atoms with Crippen LogP contribution in [0.3, 0.4) is 0 Å². The highest BCUT2D eigenvalue weighted by Crippen LogP contribution is 2.11. The highest BCUT2D eigenvalue weighted by molar-refractivity contribution is 5.28. The summed E-state index contributed by atoms with van der Waals surface area (Å²) in [4.78, 5) is 0. The summed E-state index contributed by atoms with van der Waals surface area (Å²) in [6.07, 6.45) is 1.19. The van der Waals surface area contributed by atoms with E-state index in [2.05, 4.69) is 29.6 Å². The van der Waals surface area contributed by atoms with Crippen molar-refractivity contribution in [1.29, 1.82) is 0 Å². The molecule has 0 atom stereocenters. The van der Waals surface area contributed by atoms with Crippen molar-refractivity contribution in [3.05, 3.63) is 35.4 Å². The molecule has 0 bridgehead atoms. The number of nitrogens with one attached hydrogen (secondary N) is 1. The summed E-state index contributed by atoms with van der Waals surface area (Å²) < 4.78 is 0. The monoisotopic (exact) mass is 229 g/mol. The van der Waals surface area contributed by atoms with Crippen LogP contribution >= 0.6 is 0 Å². The van der Waals surface area contributed by atoms with Crippen LogP contribution in [0.5, 0.6) is 0 Å². The Morgan fingerprint density at radius 3 is 1.75 bits per heavy atom. The Balaban J connectivity index is -0.0000000672. The zero-order valence-electron chi connectivity index (χ0n) is 5.93. The van der Waals surface area contributed by atoms with Gasteiger partial charge in [-0.05, 0) is 24.1 Å². The maximum absolute atomic E-state index is 3.34. The Morgan fingerprint density at radius 1 is 0.750 bits per heavy atom. The zero-order chi connectivity index (χ0) is 6.81. The van der Waals surface area contributed by atoms with E-state index < -0.39 is 0 Å². The molecular formula is C15H35N. The topological polar surface area (TPSA) is 12.0 Å². The average molecular weight is 229 g/mol. The molecule has 1 N–H and O–H groups in total. The molecule has 1 aliphatic rings. The van der Waals surface area contributed by atoms with Gasteiger partial charge in [-0.3, -0.25) is 0 Å². The Labute approximate surface area is 105 Å². The van der Waals surface area contributed by atoms with Crippen LogP contribution < -0.4 is 5.32 Å². The van der Waals surface area contributed by atoms with Gasteiger partial charge in [0.15, 0.2) is 0 Å². The normalized spacial score (nSPS) is 10.2. The van der Waals surface area contributed by atoms with Gasteiger partial charge in [0.05, 0.1) is 0 Å². The molecule has 2 rings (SSSR count). The zero-order valence-corrected chi connectivity index (χ0v) is 5.93. The molecule has 0 aromatic heterocycles. The molecule has 100 valence electrons. The molecule has 1 aromatic carbocycles. The van der Waals surface area contributed by atoms with Gasteiger partial charge in [0.2, 0.25) is 0 Å². The van der Waals surface area contributed by atoms with Crippen molar-refractivity contribution < 1.29 is 0 Å². The minimum Gasteiger partial charge on any atom is -0.312 e. The first kappa shape index (κ1) is 29.5. The molecule has 0 amide bonds. The second-order valence-electron chi connectivity index (χ2n) is 2.70. The van der Waals surface area contributed by atoms with E-state index in [1.54, 1.807) is 0 Å². The van der Waals surface area contributed by atoms with Crippen LogP contribution in [-0.4, -0.2) is 6.54 Å². The predicted octanol–water partition coefficient (Wildman–Crippen LogP) is 5.15. The van der Waals surface area contributed by atoms with E-state index in [1.165, 1.54) is 17.5 Å². The van der Waals surface area contributed by atoms with Gasteiger partial charge < -0.3 is 5.32 Å². The molecule has 0 spiro atoms. The second-order valence-corrected chi connectivity index (χ2v) is 2.70. The van der Waals surface area contributed by atoms with E-state index in [9.17, 15) is 0 Å². The molecule has 1 heteroatoms. The first-order valence-electron chi connectivity index (χ1n) is 3.74. The lowest BCUT2D eigenvalue weighted by molar-refractivity contribution is 0.644. The number of rotatable bonds is 0. The van der Waals surface area contributed by atoms with Gasteiger partial charge in [0.25, 0.3) is 0 Å². The molecule has 0 fully saturated rings. The average Bonchev–Trinajstić information content (AvgIpc) is 2.05. The van der Waals surface area contributed by atoms with Crippen LogP contribution in [0.1, 0.15) is 55.7 Å². The fourth-order valence-electron chi connectivity index (χ4n) is 1.42. The molecule has 0 radical (unpaired) electrons. The van der Waals surface area contributed by atoms with Crippen molar-refractivity contribution in [3.8, 4) is 0 Å². The fourth-order valence-corrected chi connectivity index (χ4v) is 1.42. The summed E-state index contributed by atoms with van der Waals surface area (Å²) >= 11 is 0. The third-order valence-corrected chi connectivity index (χ3v) is 2.00. The number of fused-ring (bicyclic) bond motifs is 1. The predicted molar refractivity (Wildman–Crippen MR) is 82.2 cm³/mol. The third kappa shape index (κ3) is 6.62. The largest absolute Gasteiger partial charge is 0.312 e. The van der Waals surface area contributed by atoms with Crippen molar-refractivity contribution >= 4 is 0 Å². The maximum Gasteiger partial charge on any atom is 0.0208 e. The maximum atomic E-state index is 3.34. The highest BCUT2D eigenvalue weighted by Gasteiger charge is 2.05. The lowest BCUT2D eigenvalue weighted by atomic mass is 10.0. The van der Waals surface area contributed by atoms with Gasteiger partial charge in [-0.25, -0.2) is 0 Å². The molecule has 0 aliphatic carbocycles. The van der Waals surface area contributed by atoms with E-state index in [1.807, 2.05) is 0 Å². The molecule has 0 saturated heterocycles. The lowest BCUT2D eigenvalue weighted by Gasteiger charge is -2.15. The Hall–Kier alpha value is -0.820. The van der Waals surface area contributed by atoms with Crippen molar-refractivity contribution in [2.45, 2.75) is 57.5 Å². The molecule has 0 saturated carbocycles. The van der Waals surface area contributed by atoms with Gasteiger partial charge in [-0.15, -0.1) is 0 Å². The quantitative estimate of drug-likeness (QED) is 0.649. The van der Waals surface area contributed by atoms with E-state index in [4.69, 9.17) is 0 Å². The molecule has 1 nitrogen and oxygen atoms in total. The Bertz CT molecular complexity index is 206. The molecule has 1 aliphatic heterocycles. The summed E-state index contributed by atoms with van der Waals surface area (Å²) in [5.74, 6) is 0. The first-order chi connectivity index (χ1) is 4.97. The van der Waals surface area contributed by atoms with E-state index in [0.29, 0.717) is 0 Å². The summed E-state index contributed by atoms with van der Waals surface area (Å²) in [6, 6.07) is 8.63. The van der Waals surface area contributed by atoms with Crippen molar-refractivity contribution in [3.63, 3.8) is 0 Å². The molecule has 16 heavy (non-hydrogen) atoms. The molecule has 1 aromatic rings. The standard InChI is InChI=1S/C9H11N.6CH4/c1-2-4-9-7-10-6-5-8(9)3-1;;;;;;/h1-4,10H,5-7H2;6*1H4. The van der Waals surface area contributed by atoms with E-state index in [0.717, 1.165) is 13.1 Å². The number of hydrogen-bond donors (Lipinski definition) is 1. The van der Waals surface area contributed by atoms with Crippen LogP contribution in [-0.2, 0) is 13.0 Å². The Morgan fingerprint density at radius 2 is 1.25 bits per heavy atom. The molecular weight excluding hydrogens is 194 g/mol. The van der Waals surface area contributed by atoms with Gasteiger partial charge in [0, 0.05) is 6.54 Å². The fraction of sp³-hybridized carbons (Fsp3) is 0.600. The summed E-state index contributed by atoms with van der Waals surface area (Å²) in [5.41, 5.74) is 2.98. The molecule has 1 heterocycles. The lowest BCUT2D eigenvalue weighted by Crippen LogP contribution is -2.23. The SMILES string of the molecule is C.C.C.C.C.C.c1ccc2c(c1)CCNC2. The van der Waals surface area contributed by atoms with Crippen molar-refractivity contribution in [2.75, 3.05) is 6.54 Å². The van der Waals surface area contributed by atoms with Gasteiger partial charge >= 0.3 is 0 Å². The smallest absolute Gasteiger partial charge is 0.0208 e. The Kier molecular flexibility index (Phi) is 26.1. The van der Waals surface area contributed by atoms with E-state index in [-0.39, 0.29) is 44.6 Å². The van der Waals surface area contributed by atoms with Gasteiger partial charge in [-0.1, -0.05) is 68.8 Å². The van der Waals surface area contributed by atoms with Crippen molar-refractivity contribution in [1.82, 2.24) is 5.32 Å². The number of hydrogen-bond acceptors (Lipinski definition) is 1. The van der Waals surface area contributed by atoms with Gasteiger partial charge in [0.1, 0.15) is 0 Å². The summed E-state index contributed by atoms with van der Waals surface area (Å²) in [5, 5.41) is 3.34. The minimum atomic E-state index is 0. The van der Waals surface area contributed by atoms with E-state index >= 15 is 0 Å². The first-order valence-corrected chi connectivity index (χ1v) is 3.74. The second kappa shape index (κ2) is 14.2. The van der Waals surface area contributed by atoms with Crippen molar-refractivity contribution in [2.24, 2.45) is 0 Å². The van der Waals surface area contributed by atoms with Gasteiger partial charge in [-0.2, -0.15) is 0 Å². The van der Waals surface area contributed by atoms with Crippen LogP contribution in [0, 0.1) is 0 Å². The third-order valence-electron chi connectivity index (χ3n) is 2.00. The minimum absolute atomic E-state index is 0. The summed E-state index contributed by atoms with van der Waals surface area (Å²) in [7, 11) is 0. The van der Waals surface area contributed by atoms with Crippen LogP contribution in [0.2, 0.25) is 0 Å². The van der Waals surface area contributed by atoms with Crippen LogP contribution in [0.25, 0.3) is 0 Å².